The van der Waals surface area contributed by atoms with Crippen molar-refractivity contribution in [3.05, 3.63) is 167 Å². The van der Waals surface area contributed by atoms with Crippen LogP contribution in [0.1, 0.15) is 106 Å². The molecule has 0 atom stereocenters. The first-order valence-corrected chi connectivity index (χ1v) is 19.1. The fraction of sp³-hybridized carbons (Fsp3) is 0.259. The van der Waals surface area contributed by atoms with Gasteiger partial charge < -0.3 is 14.4 Å². The summed E-state index contributed by atoms with van der Waals surface area (Å²) in [5.74, 6) is -0.875. The molecule has 295 valence electrons. The Balaban J connectivity index is 0.000000228. The van der Waals surface area contributed by atoms with Crippen molar-refractivity contribution in [3.63, 3.8) is 0 Å². The second-order valence-corrected chi connectivity index (χ2v) is 15.4. The fourth-order valence-electron chi connectivity index (χ4n) is 7.39. The van der Waals surface area contributed by atoms with E-state index in [9.17, 15) is 0 Å². The summed E-state index contributed by atoms with van der Waals surface area (Å²) in [5, 5.41) is 1.25. The van der Waals surface area contributed by atoms with E-state index in [1.807, 2.05) is 51.1 Å². The topological polar surface area (TPSA) is 38.9 Å². The average Bonchev–Trinajstić information content (AvgIpc) is 3.94. The number of hydrogen-bond acceptors (Lipinski definition) is 3. The van der Waals surface area contributed by atoms with Gasteiger partial charge in [0.1, 0.15) is 5.58 Å². The molecule has 9 rings (SSSR count). The zero-order valence-corrected chi connectivity index (χ0v) is 34.9. The summed E-state index contributed by atoms with van der Waals surface area (Å²) < 4.78 is 128. The monoisotopic (exact) mass is 952 g/mol. The molecule has 3 aromatic heterocycles. The van der Waals surface area contributed by atoms with E-state index >= 15 is 0 Å². The molecule has 0 bridgehead atoms. The summed E-state index contributed by atoms with van der Waals surface area (Å²) in [5.41, 5.74) is 5.61. The molecular weight excluding hydrogens is 885 g/mol. The molecule has 0 saturated heterocycles. The Morgan fingerprint density at radius 1 is 0.741 bits per heavy atom. The van der Waals surface area contributed by atoms with E-state index in [4.69, 9.17) is 25.0 Å². The molecular formula is C54H52IrN2O-2. The van der Waals surface area contributed by atoms with Crippen LogP contribution < -0.4 is 0 Å². The Hall–Kier alpha value is -5.15. The number of benzene rings is 5. The summed E-state index contributed by atoms with van der Waals surface area (Å²) in [6.07, 6.45) is 4.33. The predicted octanol–water partition coefficient (Wildman–Crippen LogP) is 14.8. The summed E-state index contributed by atoms with van der Waals surface area (Å²) >= 11 is 0. The van der Waals surface area contributed by atoms with Crippen molar-refractivity contribution < 1.29 is 45.1 Å². The van der Waals surface area contributed by atoms with Crippen molar-refractivity contribution in [2.24, 2.45) is 5.41 Å². The van der Waals surface area contributed by atoms with Crippen LogP contribution in [0, 0.1) is 45.0 Å². The smallest absolute Gasteiger partial charge is 0.120 e. The first-order chi connectivity index (χ1) is 33.5. The molecule has 1 radical (unpaired) electrons. The van der Waals surface area contributed by atoms with E-state index in [0.717, 1.165) is 18.4 Å². The van der Waals surface area contributed by atoms with Crippen molar-refractivity contribution >= 4 is 21.9 Å². The zero-order valence-electron chi connectivity index (χ0n) is 47.5. The molecule has 0 amide bonds. The minimum atomic E-state index is -2.59. The van der Waals surface area contributed by atoms with Crippen molar-refractivity contribution in [3.8, 4) is 44.8 Å². The summed E-state index contributed by atoms with van der Waals surface area (Å²) in [7, 11) is 0. The Kier molecular flexibility index (Phi) is 7.80. The maximum Gasteiger partial charge on any atom is 0.120 e. The minimum absolute atomic E-state index is 0. The third-order valence-corrected chi connectivity index (χ3v) is 10.1. The van der Waals surface area contributed by atoms with E-state index in [0.29, 0.717) is 74.0 Å². The van der Waals surface area contributed by atoms with Crippen LogP contribution in [0.3, 0.4) is 0 Å². The summed E-state index contributed by atoms with van der Waals surface area (Å²) in [6.45, 7) is -4.14. The largest absolute Gasteiger partial charge is 0.501 e. The third kappa shape index (κ3) is 8.95. The van der Waals surface area contributed by atoms with Crippen LogP contribution >= 0.6 is 0 Å². The number of furan rings is 1. The number of hydrogen-bond donors (Lipinski definition) is 0. The molecule has 1 saturated carbocycles. The van der Waals surface area contributed by atoms with Gasteiger partial charge in [-0.25, -0.2) is 0 Å². The molecule has 1 aliphatic carbocycles. The van der Waals surface area contributed by atoms with E-state index < -0.39 is 45.1 Å². The number of aryl methyl sites for hydroxylation is 4. The molecule has 5 aromatic carbocycles. The first kappa shape index (κ1) is 26.1. The van der Waals surface area contributed by atoms with Gasteiger partial charge in [-0.1, -0.05) is 135 Å². The Morgan fingerprint density at radius 3 is 2.29 bits per heavy atom. The molecule has 0 N–H and O–H groups in total. The van der Waals surface area contributed by atoms with Gasteiger partial charge in [-0.15, -0.1) is 47.5 Å². The second kappa shape index (κ2) is 17.4. The molecule has 3 heterocycles. The maximum absolute atomic E-state index is 8.93. The van der Waals surface area contributed by atoms with Crippen LogP contribution in [-0.2, 0) is 26.5 Å². The van der Waals surface area contributed by atoms with Crippen LogP contribution in [0.5, 0.6) is 0 Å². The van der Waals surface area contributed by atoms with Gasteiger partial charge in [-0.3, -0.25) is 0 Å². The molecule has 8 aromatic rings. The molecule has 4 heteroatoms. The average molecular weight is 952 g/mol. The van der Waals surface area contributed by atoms with Crippen LogP contribution in [0.2, 0.25) is 0 Å². The number of rotatable bonds is 6. The minimum Gasteiger partial charge on any atom is -0.501 e. The van der Waals surface area contributed by atoms with E-state index in [1.54, 1.807) is 72.9 Å². The molecule has 58 heavy (non-hydrogen) atoms. The van der Waals surface area contributed by atoms with Gasteiger partial charge in [-0.05, 0) is 114 Å². The van der Waals surface area contributed by atoms with Crippen molar-refractivity contribution in [2.75, 3.05) is 0 Å². The maximum atomic E-state index is 8.93. The van der Waals surface area contributed by atoms with Crippen molar-refractivity contribution in [2.45, 2.75) is 86.1 Å². The van der Waals surface area contributed by atoms with Gasteiger partial charge in [0, 0.05) is 58.4 Å². The zero-order chi connectivity index (χ0) is 52.4. The fourth-order valence-corrected chi connectivity index (χ4v) is 7.39. The number of fused-ring (bicyclic) bond motifs is 3. The molecule has 0 unspecified atom stereocenters. The third-order valence-electron chi connectivity index (χ3n) is 10.1. The molecule has 0 spiro atoms. The van der Waals surface area contributed by atoms with E-state index in [-0.39, 0.29) is 53.5 Å². The number of aromatic nitrogens is 2. The van der Waals surface area contributed by atoms with Crippen LogP contribution in [-0.4, -0.2) is 9.97 Å². The van der Waals surface area contributed by atoms with Gasteiger partial charge in [0.15, 0.2) is 0 Å². The van der Waals surface area contributed by atoms with Crippen LogP contribution in [0.4, 0.5) is 0 Å². The Labute approximate surface area is 379 Å². The van der Waals surface area contributed by atoms with Gasteiger partial charge in [-0.2, -0.15) is 0 Å². The summed E-state index contributed by atoms with van der Waals surface area (Å²) in [4.78, 5) is 8.89. The molecule has 1 fully saturated rings. The summed E-state index contributed by atoms with van der Waals surface area (Å²) in [6, 6.07) is 36.9. The number of pyridine rings is 2. The standard InChI is InChI=1S/C31H28NO.C23H24N.Ir/c1-19-11-14-30-28(15-19)25-9-6-10-26(31(25)33-30)29-17-27(21(3)18-32-29)24-13-12-23(16-20(24)2)22-7-4-5-8-22;1-17-10-12-20(14-21(17)19-8-6-5-7-9-19)22-13-11-18(16-24-22)15-23(2,3)4;/h6,9,11-18,22H,4-5,7-8H2,1-3H3;5-11,13-14,16H,15H2,1-4H3;/q2*-1;/i1D3,2D3,3D3,22D;1D3,15D2;. The van der Waals surface area contributed by atoms with E-state index in [2.05, 4.69) is 22.1 Å². The van der Waals surface area contributed by atoms with Gasteiger partial charge in [0.25, 0.3) is 0 Å². The molecule has 0 aliphatic heterocycles. The van der Waals surface area contributed by atoms with Gasteiger partial charge in [0.05, 0.1) is 5.58 Å². The number of nitrogens with zero attached hydrogens (tertiary/aromatic N) is 2. The van der Waals surface area contributed by atoms with Crippen LogP contribution in [0.15, 0.2) is 126 Å². The Morgan fingerprint density at radius 2 is 1.55 bits per heavy atom. The Bertz CT molecular complexity index is 3270. The quantitative estimate of drug-likeness (QED) is 0.156. The van der Waals surface area contributed by atoms with Crippen LogP contribution in [0.25, 0.3) is 66.7 Å². The van der Waals surface area contributed by atoms with Crippen molar-refractivity contribution in [1.82, 2.24) is 9.97 Å². The molecule has 3 nitrogen and oxygen atoms in total. The van der Waals surface area contributed by atoms with Gasteiger partial charge in [0.2, 0.25) is 0 Å². The van der Waals surface area contributed by atoms with E-state index in [1.165, 1.54) is 18.3 Å². The molecule has 1 aliphatic rings. The SMILES string of the molecule is [2H]C([2H])([2H])c1c[c-]c(-c2ccc(C([2H])([2H])C(C)(C)C)cn2)cc1-c1ccccc1.[2H]C([2H])([2H])c1ccc2oc3c(-c4cc(-c5ccc(C6([2H])CCCC6)cc5C([2H])([2H])[2H])c(C([2H])([2H])[2H])cn4)[c-]ccc3c2c1.[Ir]. The van der Waals surface area contributed by atoms with Crippen molar-refractivity contribution in [1.29, 1.82) is 0 Å². The second-order valence-electron chi connectivity index (χ2n) is 15.4. The predicted molar refractivity (Wildman–Crippen MR) is 238 cm³/mol. The van der Waals surface area contributed by atoms with Gasteiger partial charge >= 0.3 is 0 Å². The first-order valence-electron chi connectivity index (χ1n) is 26.6. The normalized spacial score (nSPS) is 18.5.